The Bertz CT molecular complexity index is 763. The summed E-state index contributed by atoms with van der Waals surface area (Å²) in [7, 11) is 0. The summed E-state index contributed by atoms with van der Waals surface area (Å²) in [6.45, 7) is 1.98. The Morgan fingerprint density at radius 1 is 1.48 bits per heavy atom. The van der Waals surface area contributed by atoms with Gasteiger partial charge in [-0.25, -0.2) is 0 Å². The largest absolute Gasteiger partial charge is 0.399 e. The fourth-order valence-corrected chi connectivity index (χ4v) is 2.99. The number of nitrogens with two attached hydrogens (primary N) is 1. The normalized spacial score (nSPS) is 12.4. The molecule has 0 saturated heterocycles. The molecule has 2 aromatic heterocycles. The number of thiophene rings is 1. The third-order valence-electron chi connectivity index (χ3n) is 3.30. The van der Waals surface area contributed by atoms with E-state index in [-0.39, 0.29) is 11.9 Å². The van der Waals surface area contributed by atoms with Crippen molar-refractivity contribution in [3.63, 3.8) is 0 Å². The van der Waals surface area contributed by atoms with Crippen LogP contribution in [0.25, 0.3) is 10.9 Å². The van der Waals surface area contributed by atoms with Crippen LogP contribution in [-0.4, -0.2) is 22.1 Å². The Labute approximate surface area is 126 Å². The van der Waals surface area contributed by atoms with Gasteiger partial charge in [-0.2, -0.15) is 16.4 Å². The molecule has 1 aromatic carbocycles. The summed E-state index contributed by atoms with van der Waals surface area (Å²) in [5.74, 6) is -0.186. The highest BCUT2D eigenvalue weighted by Gasteiger charge is 2.16. The number of benzene rings is 1. The SMILES string of the molecule is CC(Cc1ccsc1)NC(=O)c1n[nH]c2ccc(N)cc12. The lowest BCUT2D eigenvalue weighted by Crippen LogP contribution is -2.34. The summed E-state index contributed by atoms with van der Waals surface area (Å²) in [6.07, 6.45) is 0.805. The highest BCUT2D eigenvalue weighted by molar-refractivity contribution is 7.07. The lowest BCUT2D eigenvalue weighted by atomic mass is 10.1. The van der Waals surface area contributed by atoms with Crippen LogP contribution in [0.4, 0.5) is 5.69 Å². The average Bonchev–Trinajstić information content (AvgIpc) is 3.07. The number of carbonyl (C=O) groups is 1. The van der Waals surface area contributed by atoms with Crippen molar-refractivity contribution >= 4 is 33.8 Å². The average molecular weight is 300 g/mol. The maximum atomic E-state index is 12.3. The molecule has 1 unspecified atom stereocenters. The molecule has 21 heavy (non-hydrogen) atoms. The van der Waals surface area contributed by atoms with Crippen molar-refractivity contribution in [1.29, 1.82) is 0 Å². The van der Waals surface area contributed by atoms with E-state index in [2.05, 4.69) is 27.0 Å². The van der Waals surface area contributed by atoms with Crippen LogP contribution in [0, 0.1) is 0 Å². The van der Waals surface area contributed by atoms with E-state index in [1.165, 1.54) is 5.56 Å². The quantitative estimate of drug-likeness (QED) is 0.647. The maximum absolute atomic E-state index is 12.3. The molecule has 3 rings (SSSR count). The zero-order valence-electron chi connectivity index (χ0n) is 11.6. The number of aromatic amines is 1. The second kappa shape index (κ2) is 5.57. The molecule has 1 atom stereocenters. The van der Waals surface area contributed by atoms with Crippen molar-refractivity contribution in [2.45, 2.75) is 19.4 Å². The van der Waals surface area contributed by atoms with Crippen molar-refractivity contribution in [2.75, 3.05) is 5.73 Å². The Hall–Kier alpha value is -2.34. The second-order valence-electron chi connectivity index (χ2n) is 5.09. The van der Waals surface area contributed by atoms with Crippen LogP contribution < -0.4 is 11.1 Å². The van der Waals surface area contributed by atoms with Crippen LogP contribution in [0.15, 0.2) is 35.0 Å². The first-order chi connectivity index (χ1) is 10.1. The molecule has 108 valence electrons. The van der Waals surface area contributed by atoms with E-state index in [1.54, 1.807) is 23.5 Å². The third-order valence-corrected chi connectivity index (χ3v) is 4.03. The monoisotopic (exact) mass is 300 g/mol. The number of nitrogen functional groups attached to an aromatic ring is 1. The molecular formula is C15H16N4OS. The van der Waals surface area contributed by atoms with Crippen LogP contribution in [-0.2, 0) is 6.42 Å². The van der Waals surface area contributed by atoms with E-state index in [4.69, 9.17) is 5.73 Å². The molecule has 2 heterocycles. The van der Waals surface area contributed by atoms with Crippen LogP contribution in [0.1, 0.15) is 23.0 Å². The zero-order valence-corrected chi connectivity index (χ0v) is 12.4. The van der Waals surface area contributed by atoms with Crippen molar-refractivity contribution in [3.8, 4) is 0 Å². The van der Waals surface area contributed by atoms with E-state index in [0.29, 0.717) is 11.4 Å². The maximum Gasteiger partial charge on any atom is 0.272 e. The van der Waals surface area contributed by atoms with Crippen LogP contribution in [0.3, 0.4) is 0 Å². The number of H-pyrrole nitrogens is 1. The molecule has 0 fully saturated rings. The molecule has 0 saturated carbocycles. The van der Waals surface area contributed by atoms with Gasteiger partial charge in [0.1, 0.15) is 0 Å². The van der Waals surface area contributed by atoms with Gasteiger partial charge in [0.25, 0.3) is 5.91 Å². The van der Waals surface area contributed by atoms with Gasteiger partial charge in [-0.05, 0) is 53.9 Å². The molecule has 0 spiro atoms. The van der Waals surface area contributed by atoms with Gasteiger partial charge in [0, 0.05) is 17.1 Å². The topological polar surface area (TPSA) is 83.8 Å². The molecule has 0 bridgehead atoms. The van der Waals surface area contributed by atoms with E-state index in [9.17, 15) is 4.79 Å². The van der Waals surface area contributed by atoms with Gasteiger partial charge in [0.05, 0.1) is 5.52 Å². The Kier molecular flexibility index (Phi) is 3.62. The fraction of sp³-hybridized carbons (Fsp3) is 0.200. The van der Waals surface area contributed by atoms with Gasteiger partial charge in [-0.1, -0.05) is 0 Å². The first kappa shape index (κ1) is 13.6. The third kappa shape index (κ3) is 2.90. The lowest BCUT2D eigenvalue weighted by molar-refractivity contribution is 0.0936. The Morgan fingerprint density at radius 3 is 3.10 bits per heavy atom. The Morgan fingerprint density at radius 2 is 2.33 bits per heavy atom. The van der Waals surface area contributed by atoms with Crippen LogP contribution in [0.2, 0.25) is 0 Å². The Balaban J connectivity index is 1.76. The molecule has 0 aliphatic carbocycles. The number of hydrogen-bond donors (Lipinski definition) is 3. The molecule has 0 radical (unpaired) electrons. The van der Waals surface area contributed by atoms with Gasteiger partial charge in [-0.3, -0.25) is 9.89 Å². The molecular weight excluding hydrogens is 284 g/mol. The minimum atomic E-state index is -0.186. The molecule has 1 amide bonds. The molecule has 4 N–H and O–H groups in total. The fourth-order valence-electron chi connectivity index (χ4n) is 2.31. The number of amides is 1. The standard InChI is InChI=1S/C15H16N4OS/c1-9(6-10-4-5-21-8-10)17-15(20)14-12-7-11(16)2-3-13(12)18-19-14/h2-5,7-9H,6,16H2,1H3,(H,17,20)(H,18,19). The van der Waals surface area contributed by atoms with E-state index in [0.717, 1.165) is 17.3 Å². The van der Waals surface area contributed by atoms with Gasteiger partial charge in [0.2, 0.25) is 0 Å². The van der Waals surface area contributed by atoms with E-state index >= 15 is 0 Å². The summed E-state index contributed by atoms with van der Waals surface area (Å²) < 4.78 is 0. The van der Waals surface area contributed by atoms with Gasteiger partial charge >= 0.3 is 0 Å². The van der Waals surface area contributed by atoms with Crippen LogP contribution >= 0.6 is 11.3 Å². The molecule has 0 aliphatic heterocycles. The number of nitrogens with one attached hydrogen (secondary N) is 2. The minimum Gasteiger partial charge on any atom is -0.399 e. The number of rotatable bonds is 4. The van der Waals surface area contributed by atoms with Gasteiger partial charge in [0.15, 0.2) is 5.69 Å². The van der Waals surface area contributed by atoms with Gasteiger partial charge < -0.3 is 11.1 Å². The zero-order chi connectivity index (χ0) is 14.8. The van der Waals surface area contributed by atoms with E-state index < -0.39 is 0 Å². The van der Waals surface area contributed by atoms with Crippen molar-refractivity contribution < 1.29 is 4.79 Å². The van der Waals surface area contributed by atoms with Crippen molar-refractivity contribution in [2.24, 2.45) is 0 Å². The van der Waals surface area contributed by atoms with E-state index in [1.807, 2.05) is 18.4 Å². The number of hydrogen-bond acceptors (Lipinski definition) is 4. The first-order valence-corrected chi connectivity index (χ1v) is 7.63. The molecule has 6 heteroatoms. The van der Waals surface area contributed by atoms with Gasteiger partial charge in [-0.15, -0.1) is 0 Å². The smallest absolute Gasteiger partial charge is 0.272 e. The summed E-state index contributed by atoms with van der Waals surface area (Å²) in [5.41, 5.74) is 8.80. The second-order valence-corrected chi connectivity index (χ2v) is 5.87. The summed E-state index contributed by atoms with van der Waals surface area (Å²) in [6, 6.07) is 7.47. The van der Waals surface area contributed by atoms with Crippen molar-refractivity contribution in [3.05, 3.63) is 46.3 Å². The summed E-state index contributed by atoms with van der Waals surface area (Å²) >= 11 is 1.66. The number of anilines is 1. The number of fused-ring (bicyclic) bond motifs is 1. The highest BCUT2D eigenvalue weighted by atomic mass is 32.1. The molecule has 5 nitrogen and oxygen atoms in total. The van der Waals surface area contributed by atoms with Crippen molar-refractivity contribution in [1.82, 2.24) is 15.5 Å². The lowest BCUT2D eigenvalue weighted by Gasteiger charge is -2.12. The predicted molar refractivity (Wildman–Crippen MR) is 85.5 cm³/mol. The number of carbonyl (C=O) groups excluding carboxylic acids is 1. The summed E-state index contributed by atoms with van der Waals surface area (Å²) in [4.78, 5) is 12.3. The summed E-state index contributed by atoms with van der Waals surface area (Å²) in [5, 5.41) is 14.8. The van der Waals surface area contributed by atoms with Crippen LogP contribution in [0.5, 0.6) is 0 Å². The first-order valence-electron chi connectivity index (χ1n) is 6.69. The highest BCUT2D eigenvalue weighted by Crippen LogP contribution is 2.19. The molecule has 3 aromatic rings. The number of aromatic nitrogens is 2. The predicted octanol–water partition coefficient (Wildman–Crippen LogP) is 2.57. The minimum absolute atomic E-state index is 0.0416. The number of nitrogens with zero attached hydrogens (tertiary/aromatic N) is 1. The molecule has 0 aliphatic rings.